The number of benzene rings is 1. The molecule has 0 fully saturated rings. The number of anilines is 2. The Morgan fingerprint density at radius 3 is 2.59 bits per heavy atom. The average Bonchev–Trinajstić information content (AvgIpc) is 2.33. The van der Waals surface area contributed by atoms with Crippen LogP contribution in [0.25, 0.3) is 0 Å². The van der Waals surface area contributed by atoms with E-state index in [0.29, 0.717) is 10.8 Å². The highest BCUT2D eigenvalue weighted by Crippen LogP contribution is 2.23. The van der Waals surface area contributed by atoms with E-state index >= 15 is 0 Å². The Morgan fingerprint density at radius 2 is 1.94 bits per heavy atom. The lowest BCUT2D eigenvalue weighted by atomic mass is 10.1. The first-order chi connectivity index (χ1) is 8.16. The van der Waals surface area contributed by atoms with Crippen molar-refractivity contribution in [2.24, 2.45) is 0 Å². The first-order valence-electron chi connectivity index (χ1n) is 5.39. The average molecular weight is 248 g/mol. The van der Waals surface area contributed by atoms with Crippen molar-refractivity contribution >= 4 is 23.1 Å². The van der Waals surface area contributed by atoms with Gasteiger partial charge in [-0.3, -0.25) is 0 Å². The third-order valence-electron chi connectivity index (χ3n) is 2.55. The van der Waals surface area contributed by atoms with Crippen LogP contribution in [-0.4, -0.2) is 4.98 Å². The van der Waals surface area contributed by atoms with Crippen molar-refractivity contribution in [3.8, 4) is 0 Å². The molecule has 1 atom stereocenters. The fourth-order valence-corrected chi connectivity index (χ4v) is 1.74. The summed E-state index contributed by atoms with van der Waals surface area (Å²) in [6.07, 6.45) is 1.71. The Kier molecular flexibility index (Phi) is 3.49. The van der Waals surface area contributed by atoms with Crippen LogP contribution in [0.4, 0.5) is 11.5 Å². The number of nitrogen functional groups attached to an aromatic ring is 1. The molecule has 2 rings (SSSR count). The van der Waals surface area contributed by atoms with Gasteiger partial charge in [-0.1, -0.05) is 23.7 Å². The van der Waals surface area contributed by atoms with Crippen molar-refractivity contribution in [1.82, 2.24) is 4.98 Å². The molecule has 0 saturated heterocycles. The van der Waals surface area contributed by atoms with Gasteiger partial charge < -0.3 is 11.1 Å². The van der Waals surface area contributed by atoms with Gasteiger partial charge in [-0.2, -0.15) is 0 Å². The Hall–Kier alpha value is -1.74. The maximum absolute atomic E-state index is 6.04. The van der Waals surface area contributed by atoms with Crippen LogP contribution in [0.1, 0.15) is 18.5 Å². The maximum Gasteiger partial charge on any atom is 0.145 e. The summed E-state index contributed by atoms with van der Waals surface area (Å²) >= 11 is 6.04. The lowest BCUT2D eigenvalue weighted by Crippen LogP contribution is -2.08. The van der Waals surface area contributed by atoms with E-state index in [-0.39, 0.29) is 6.04 Å². The van der Waals surface area contributed by atoms with Crippen molar-refractivity contribution in [3.63, 3.8) is 0 Å². The van der Waals surface area contributed by atoms with Gasteiger partial charge in [0.25, 0.3) is 0 Å². The molecule has 0 spiro atoms. The molecule has 0 amide bonds. The number of pyridine rings is 1. The van der Waals surface area contributed by atoms with Gasteiger partial charge in [0, 0.05) is 17.9 Å². The highest BCUT2D eigenvalue weighted by atomic mass is 35.5. The summed E-state index contributed by atoms with van der Waals surface area (Å²) in [5, 5.41) is 3.88. The van der Waals surface area contributed by atoms with Crippen LogP contribution in [0, 0.1) is 0 Å². The molecule has 0 radical (unpaired) electrons. The molecule has 3 N–H and O–H groups in total. The molecule has 88 valence electrons. The van der Waals surface area contributed by atoms with Crippen molar-refractivity contribution in [2.75, 3.05) is 11.1 Å². The van der Waals surface area contributed by atoms with E-state index in [1.165, 1.54) is 0 Å². The lowest BCUT2D eigenvalue weighted by molar-refractivity contribution is 0.875. The van der Waals surface area contributed by atoms with E-state index in [1.54, 1.807) is 12.3 Å². The molecule has 0 aliphatic heterocycles. The molecule has 1 heterocycles. The minimum absolute atomic E-state index is 0.128. The molecule has 0 saturated carbocycles. The second kappa shape index (κ2) is 5.06. The van der Waals surface area contributed by atoms with E-state index in [0.717, 1.165) is 11.3 Å². The Morgan fingerprint density at radius 1 is 1.24 bits per heavy atom. The van der Waals surface area contributed by atoms with Crippen molar-refractivity contribution in [3.05, 3.63) is 53.2 Å². The van der Waals surface area contributed by atoms with Gasteiger partial charge in [0.15, 0.2) is 0 Å². The number of nitrogens with zero attached hydrogens (tertiary/aromatic N) is 1. The molecule has 0 bridgehead atoms. The fourth-order valence-electron chi connectivity index (χ4n) is 1.56. The molecule has 0 aliphatic carbocycles. The summed E-state index contributed by atoms with van der Waals surface area (Å²) in [6, 6.07) is 11.5. The molecule has 0 aliphatic rings. The van der Waals surface area contributed by atoms with Crippen LogP contribution in [0.3, 0.4) is 0 Å². The predicted molar refractivity (Wildman–Crippen MR) is 72.1 cm³/mol. The van der Waals surface area contributed by atoms with Crippen molar-refractivity contribution < 1.29 is 0 Å². The largest absolute Gasteiger partial charge is 0.399 e. The molecule has 17 heavy (non-hydrogen) atoms. The van der Waals surface area contributed by atoms with Gasteiger partial charge in [-0.25, -0.2) is 4.98 Å². The van der Waals surface area contributed by atoms with E-state index < -0.39 is 0 Å². The molecule has 3 nitrogen and oxygen atoms in total. The normalized spacial score (nSPS) is 12.1. The number of rotatable bonds is 3. The second-order valence-electron chi connectivity index (χ2n) is 3.87. The SMILES string of the molecule is CC(Nc1ncccc1Cl)c1ccc(N)cc1. The molecule has 4 heteroatoms. The van der Waals surface area contributed by atoms with E-state index in [2.05, 4.69) is 17.2 Å². The highest BCUT2D eigenvalue weighted by molar-refractivity contribution is 6.32. The van der Waals surface area contributed by atoms with E-state index in [9.17, 15) is 0 Å². The lowest BCUT2D eigenvalue weighted by Gasteiger charge is -2.15. The molecule has 1 unspecified atom stereocenters. The quantitative estimate of drug-likeness (QED) is 0.817. The number of halogens is 1. The topological polar surface area (TPSA) is 50.9 Å². The van der Waals surface area contributed by atoms with Gasteiger partial charge >= 0.3 is 0 Å². The molecular weight excluding hydrogens is 234 g/mol. The first kappa shape index (κ1) is 11.7. The Bertz CT molecular complexity index is 496. The summed E-state index contributed by atoms with van der Waals surface area (Å²) in [6.45, 7) is 2.05. The van der Waals surface area contributed by atoms with Gasteiger partial charge in [0.05, 0.1) is 5.02 Å². The number of aromatic nitrogens is 1. The summed E-state index contributed by atoms with van der Waals surface area (Å²) in [7, 11) is 0. The monoisotopic (exact) mass is 247 g/mol. The number of nitrogens with two attached hydrogens (primary N) is 1. The zero-order valence-electron chi connectivity index (χ0n) is 9.52. The first-order valence-corrected chi connectivity index (χ1v) is 5.77. The van der Waals surface area contributed by atoms with Gasteiger partial charge in [0.1, 0.15) is 5.82 Å². The third kappa shape index (κ3) is 2.88. The summed E-state index contributed by atoms with van der Waals surface area (Å²) < 4.78 is 0. The molecule has 2 aromatic rings. The highest BCUT2D eigenvalue weighted by Gasteiger charge is 2.07. The zero-order chi connectivity index (χ0) is 12.3. The second-order valence-corrected chi connectivity index (χ2v) is 4.27. The number of hydrogen-bond donors (Lipinski definition) is 2. The Labute approximate surface area is 106 Å². The maximum atomic E-state index is 6.04. The summed E-state index contributed by atoms with van der Waals surface area (Å²) in [5.41, 5.74) is 7.55. The summed E-state index contributed by atoms with van der Waals surface area (Å²) in [5.74, 6) is 0.693. The Balaban J connectivity index is 2.14. The standard InChI is InChI=1S/C13H14ClN3/c1-9(10-4-6-11(15)7-5-10)17-13-12(14)3-2-8-16-13/h2-9H,15H2,1H3,(H,16,17). The van der Waals surface area contributed by atoms with Crippen LogP contribution in [-0.2, 0) is 0 Å². The molecular formula is C13H14ClN3. The van der Waals surface area contributed by atoms with Crippen molar-refractivity contribution in [2.45, 2.75) is 13.0 Å². The van der Waals surface area contributed by atoms with Gasteiger partial charge in [-0.05, 0) is 36.8 Å². The third-order valence-corrected chi connectivity index (χ3v) is 2.85. The summed E-state index contributed by atoms with van der Waals surface area (Å²) in [4.78, 5) is 4.19. The van der Waals surface area contributed by atoms with E-state index in [4.69, 9.17) is 17.3 Å². The van der Waals surface area contributed by atoms with Gasteiger partial charge in [-0.15, -0.1) is 0 Å². The minimum Gasteiger partial charge on any atom is -0.399 e. The van der Waals surface area contributed by atoms with Crippen LogP contribution in [0.5, 0.6) is 0 Å². The predicted octanol–water partition coefficient (Wildman–Crippen LogP) is 3.49. The number of hydrogen-bond acceptors (Lipinski definition) is 3. The molecule has 1 aromatic heterocycles. The van der Waals surface area contributed by atoms with Gasteiger partial charge in [0.2, 0.25) is 0 Å². The van der Waals surface area contributed by atoms with Crippen LogP contribution >= 0.6 is 11.6 Å². The molecule has 1 aromatic carbocycles. The van der Waals surface area contributed by atoms with E-state index in [1.807, 2.05) is 30.3 Å². The smallest absolute Gasteiger partial charge is 0.145 e. The minimum atomic E-state index is 0.128. The fraction of sp³-hybridized carbons (Fsp3) is 0.154. The van der Waals surface area contributed by atoms with Crippen molar-refractivity contribution in [1.29, 1.82) is 0 Å². The number of nitrogens with one attached hydrogen (secondary N) is 1. The van der Waals surface area contributed by atoms with Crippen LogP contribution in [0.2, 0.25) is 5.02 Å². The van der Waals surface area contributed by atoms with Crippen LogP contribution < -0.4 is 11.1 Å². The zero-order valence-corrected chi connectivity index (χ0v) is 10.3. The van der Waals surface area contributed by atoms with Crippen LogP contribution in [0.15, 0.2) is 42.6 Å².